The summed E-state index contributed by atoms with van der Waals surface area (Å²) in [5, 5.41) is 20.1. The number of hydrogen-bond acceptors (Lipinski definition) is 14. The van der Waals surface area contributed by atoms with Gasteiger partial charge in [0.05, 0.1) is 12.5 Å². The standard InChI is InChI=1S/C11H17N2O7PS3.CH6O6P2/c14-7-1-2-13(11(17)12-7)10-9(16)8(15)6(20-10)5-19-21(18,23)24-4-3-22;2-8(3,4)1-9(5,6)7/h1-2,6,8-10,15-16,22H,3-5H2,(H,18,23)(H,12,14,17);1H2,(H2,2,3,4)(H2,5,6,7)/p-3/t6-,8+,9?,10-,21?;/m1./s1. The Labute approximate surface area is 200 Å². The van der Waals surface area contributed by atoms with E-state index < -0.39 is 62.6 Å². The molecule has 0 radical (unpaired) electrons. The van der Waals surface area contributed by atoms with Crippen LogP contribution in [0.1, 0.15) is 6.23 Å². The molecular formula is C12H20N2O13P3S3-3. The summed E-state index contributed by atoms with van der Waals surface area (Å²) in [6, 6.07) is 1.08. The summed E-state index contributed by atoms with van der Waals surface area (Å²) < 4.78 is 30.9. The molecule has 1 aromatic rings. The molecule has 5 N–H and O–H groups in total. The van der Waals surface area contributed by atoms with Gasteiger partial charge in [0.25, 0.3) is 5.56 Å². The number of ether oxygens (including phenoxy) is 1. The first kappa shape index (κ1) is 31.2. The minimum Gasteiger partial charge on any atom is -0.793 e. The number of nitrogens with one attached hydrogen (secondary N) is 1. The van der Waals surface area contributed by atoms with E-state index in [4.69, 9.17) is 30.9 Å². The van der Waals surface area contributed by atoms with Gasteiger partial charge >= 0.3 is 5.69 Å². The lowest BCUT2D eigenvalue weighted by atomic mass is 10.1. The quantitative estimate of drug-likeness (QED) is 0.120. The van der Waals surface area contributed by atoms with Crippen molar-refractivity contribution in [2.24, 2.45) is 0 Å². The zero-order valence-electron chi connectivity index (χ0n) is 16.3. The first-order valence-corrected chi connectivity index (χ1v) is 16.9. The number of hydrogen-bond donors (Lipinski definition) is 6. The molecule has 21 heteroatoms. The van der Waals surface area contributed by atoms with Crippen molar-refractivity contribution in [1.29, 1.82) is 0 Å². The maximum Gasteiger partial charge on any atom is 0.330 e. The van der Waals surface area contributed by atoms with Crippen LogP contribution in [0.4, 0.5) is 0 Å². The fourth-order valence-electron chi connectivity index (χ4n) is 2.30. The van der Waals surface area contributed by atoms with Crippen LogP contribution in [0.15, 0.2) is 21.9 Å². The molecule has 7 atom stereocenters. The van der Waals surface area contributed by atoms with Gasteiger partial charge in [-0.15, -0.1) is 11.4 Å². The minimum atomic E-state index is -4.86. The average Bonchev–Trinajstić information content (AvgIpc) is 2.91. The number of H-pyrrole nitrogens is 1. The second kappa shape index (κ2) is 12.9. The Balaban J connectivity index is 0.000000513. The van der Waals surface area contributed by atoms with Crippen LogP contribution in [0.3, 0.4) is 0 Å². The second-order valence-electron chi connectivity index (χ2n) is 6.28. The third-order valence-corrected chi connectivity index (χ3v) is 11.2. The largest absolute Gasteiger partial charge is 0.793 e. The lowest BCUT2D eigenvalue weighted by Gasteiger charge is -2.28. The number of thiol groups is 1. The molecule has 0 bridgehead atoms. The molecule has 4 unspecified atom stereocenters. The number of aliphatic hydroxyl groups is 2. The first-order valence-electron chi connectivity index (χ1n) is 8.55. The van der Waals surface area contributed by atoms with Gasteiger partial charge in [-0.1, -0.05) is 11.8 Å². The van der Waals surface area contributed by atoms with Crippen molar-refractivity contribution < 1.29 is 53.1 Å². The summed E-state index contributed by atoms with van der Waals surface area (Å²) >= 11 is 9.76. The van der Waals surface area contributed by atoms with Gasteiger partial charge < -0.3 is 53.1 Å². The van der Waals surface area contributed by atoms with E-state index in [1.54, 1.807) is 0 Å². The van der Waals surface area contributed by atoms with Gasteiger partial charge in [-0.2, -0.15) is 12.6 Å². The second-order valence-corrected chi connectivity index (χ2v) is 16.6. The Morgan fingerprint density at radius 1 is 1.21 bits per heavy atom. The molecule has 1 saturated heterocycles. The smallest absolute Gasteiger partial charge is 0.330 e. The van der Waals surface area contributed by atoms with Crippen LogP contribution < -0.4 is 25.9 Å². The van der Waals surface area contributed by atoms with Crippen molar-refractivity contribution in [3.63, 3.8) is 0 Å². The van der Waals surface area contributed by atoms with Crippen LogP contribution in [0.25, 0.3) is 0 Å². The number of rotatable bonds is 9. The van der Waals surface area contributed by atoms with E-state index in [0.29, 0.717) is 11.5 Å². The fourth-order valence-corrected chi connectivity index (χ4v) is 7.73. The van der Waals surface area contributed by atoms with E-state index in [1.165, 1.54) is 0 Å². The highest BCUT2D eigenvalue weighted by molar-refractivity contribution is 8.67. The molecule has 1 aromatic heterocycles. The Morgan fingerprint density at radius 2 is 1.79 bits per heavy atom. The molecule has 1 fully saturated rings. The van der Waals surface area contributed by atoms with Crippen LogP contribution in [0, 0.1) is 0 Å². The molecule has 15 nitrogen and oxygen atoms in total. The molecule has 2 heterocycles. The van der Waals surface area contributed by atoms with E-state index in [2.05, 4.69) is 12.6 Å². The topological polar surface area (TPSA) is 258 Å². The molecule has 0 amide bonds. The molecule has 33 heavy (non-hydrogen) atoms. The summed E-state index contributed by atoms with van der Waals surface area (Å²) in [5.41, 5.74) is -4.75. The zero-order valence-corrected chi connectivity index (χ0v) is 21.5. The Bertz CT molecular complexity index is 1020. The Hall–Kier alpha value is 0.130. The Kier molecular flexibility index (Phi) is 12.2. The maximum atomic E-state index is 12.0. The van der Waals surface area contributed by atoms with Crippen molar-refractivity contribution in [2.75, 3.05) is 24.0 Å². The van der Waals surface area contributed by atoms with E-state index in [1.807, 2.05) is 4.98 Å². The molecule has 2 rings (SSSR count). The molecule has 1 aliphatic rings. The lowest BCUT2D eigenvalue weighted by molar-refractivity contribution is -0.201. The van der Waals surface area contributed by atoms with Gasteiger partial charge in [0.15, 0.2) is 6.23 Å². The summed E-state index contributed by atoms with van der Waals surface area (Å²) in [7, 11) is -9.73. The highest BCUT2D eigenvalue weighted by Gasteiger charge is 2.44. The highest BCUT2D eigenvalue weighted by atomic mass is 32.9. The van der Waals surface area contributed by atoms with Crippen molar-refractivity contribution in [1.82, 2.24) is 9.55 Å². The van der Waals surface area contributed by atoms with Crippen LogP contribution in [-0.4, -0.2) is 71.9 Å². The van der Waals surface area contributed by atoms with Crippen molar-refractivity contribution >= 4 is 56.7 Å². The van der Waals surface area contributed by atoms with E-state index in [-0.39, 0.29) is 6.61 Å². The third kappa shape index (κ3) is 11.6. The first-order chi connectivity index (χ1) is 15.0. The number of aromatic amines is 1. The number of aromatic nitrogens is 2. The summed E-state index contributed by atoms with van der Waals surface area (Å²) in [4.78, 5) is 71.9. The molecule has 0 spiro atoms. The van der Waals surface area contributed by atoms with Crippen molar-refractivity contribution in [3.8, 4) is 0 Å². The zero-order chi connectivity index (χ0) is 25.6. The van der Waals surface area contributed by atoms with Gasteiger partial charge in [0, 0.05) is 23.7 Å². The monoisotopic (exact) mass is 589 g/mol. The number of nitrogens with zero attached hydrogens (tertiary/aromatic N) is 1. The van der Waals surface area contributed by atoms with E-state index >= 15 is 0 Å². The van der Waals surface area contributed by atoms with Gasteiger partial charge in [0.2, 0.25) is 0 Å². The van der Waals surface area contributed by atoms with Crippen LogP contribution in [0.2, 0.25) is 0 Å². The summed E-state index contributed by atoms with van der Waals surface area (Å²) in [6.45, 7) is -0.312. The summed E-state index contributed by atoms with van der Waals surface area (Å²) in [6.07, 6.45) is -3.91. The summed E-state index contributed by atoms with van der Waals surface area (Å²) in [5.74, 6) is -0.677. The van der Waals surface area contributed by atoms with Crippen LogP contribution in [0.5, 0.6) is 0 Å². The van der Waals surface area contributed by atoms with Gasteiger partial charge in [-0.05, 0) is 5.75 Å². The fraction of sp³-hybridized carbons (Fsp3) is 0.667. The molecule has 1 aliphatic heterocycles. The maximum absolute atomic E-state index is 12.0. The van der Waals surface area contributed by atoms with Gasteiger partial charge in [-0.3, -0.25) is 14.3 Å². The molecule has 0 aromatic carbocycles. The SMILES string of the molecule is O=P([O-])(O)CP(=O)([O-])O.O=c1ccn([C@@H]2O[C@H](COP([O-])(=S)SCCS)[C@H](O)C2O)c(=O)[nH]1. The van der Waals surface area contributed by atoms with Crippen LogP contribution >= 0.6 is 44.9 Å². The van der Waals surface area contributed by atoms with E-state index in [0.717, 1.165) is 28.2 Å². The highest BCUT2D eigenvalue weighted by Crippen LogP contribution is 2.52. The van der Waals surface area contributed by atoms with Crippen molar-refractivity contribution in [2.45, 2.75) is 24.5 Å². The molecular weight excluding hydrogens is 569 g/mol. The van der Waals surface area contributed by atoms with Crippen molar-refractivity contribution in [3.05, 3.63) is 33.1 Å². The normalized spacial score (nSPS) is 28.1. The van der Waals surface area contributed by atoms with E-state index in [9.17, 15) is 43.6 Å². The predicted molar refractivity (Wildman–Crippen MR) is 118 cm³/mol. The Morgan fingerprint density at radius 3 is 2.24 bits per heavy atom. The van der Waals surface area contributed by atoms with Crippen LogP contribution in [-0.2, 0) is 30.2 Å². The third-order valence-electron chi connectivity index (χ3n) is 3.56. The minimum absolute atomic E-state index is 0.312. The van der Waals surface area contributed by atoms with Gasteiger partial charge in [0.1, 0.15) is 33.5 Å². The molecule has 0 aliphatic carbocycles. The van der Waals surface area contributed by atoms with Gasteiger partial charge in [-0.25, -0.2) is 4.79 Å². The lowest BCUT2D eigenvalue weighted by Crippen LogP contribution is -2.37. The predicted octanol–water partition coefficient (Wildman–Crippen LogP) is -3.54. The average molecular weight is 589 g/mol. The molecule has 192 valence electrons. The molecule has 0 saturated carbocycles. The number of aliphatic hydroxyl groups excluding tert-OH is 2.